The van der Waals surface area contributed by atoms with Crippen LogP contribution < -0.4 is 9.47 Å². The van der Waals surface area contributed by atoms with Gasteiger partial charge in [-0.15, -0.1) is 5.10 Å². The summed E-state index contributed by atoms with van der Waals surface area (Å²) in [6, 6.07) is 14.5. The van der Waals surface area contributed by atoms with Crippen LogP contribution in [0.25, 0.3) is 11.3 Å². The first kappa shape index (κ1) is 15.7. The molecule has 3 aromatic rings. The molecule has 0 fully saturated rings. The third-order valence-corrected chi connectivity index (χ3v) is 3.64. The zero-order chi connectivity index (χ0) is 16.9. The van der Waals surface area contributed by atoms with Crippen molar-refractivity contribution < 1.29 is 14.3 Å². The molecule has 122 valence electrons. The van der Waals surface area contributed by atoms with Gasteiger partial charge >= 0.3 is 0 Å². The molecule has 0 bridgehead atoms. The van der Waals surface area contributed by atoms with E-state index in [0.717, 1.165) is 11.3 Å². The van der Waals surface area contributed by atoms with Crippen molar-refractivity contribution in [2.75, 3.05) is 14.2 Å². The summed E-state index contributed by atoms with van der Waals surface area (Å²) in [6.07, 6.45) is 1.75. The first-order valence-corrected chi connectivity index (χ1v) is 7.41. The normalized spacial score (nSPS) is 10.4. The Morgan fingerprint density at radius 3 is 2.12 bits per heavy atom. The predicted molar refractivity (Wildman–Crippen MR) is 89.3 cm³/mol. The van der Waals surface area contributed by atoms with Gasteiger partial charge in [-0.05, 0) is 48.5 Å². The number of hydrogen-bond donors (Lipinski definition) is 0. The fourth-order valence-electron chi connectivity index (χ4n) is 2.29. The van der Waals surface area contributed by atoms with Gasteiger partial charge in [-0.25, -0.2) is 4.68 Å². The maximum atomic E-state index is 12.3. The van der Waals surface area contributed by atoms with Gasteiger partial charge in [-0.3, -0.25) is 4.79 Å². The van der Waals surface area contributed by atoms with Gasteiger partial charge in [0.2, 0.25) is 0 Å². The van der Waals surface area contributed by atoms with E-state index in [0.29, 0.717) is 17.0 Å². The van der Waals surface area contributed by atoms with E-state index in [1.54, 1.807) is 44.7 Å². The van der Waals surface area contributed by atoms with E-state index in [4.69, 9.17) is 9.47 Å². The zero-order valence-electron chi connectivity index (χ0n) is 13.5. The maximum absolute atomic E-state index is 12.3. The number of ketones is 1. The maximum Gasteiger partial charge on any atom is 0.184 e. The molecule has 0 saturated heterocycles. The van der Waals surface area contributed by atoms with Crippen molar-refractivity contribution in [3.8, 4) is 22.8 Å². The van der Waals surface area contributed by atoms with Crippen LogP contribution in [0.4, 0.5) is 0 Å². The highest BCUT2D eigenvalue weighted by Gasteiger charge is 2.10. The molecule has 0 unspecified atom stereocenters. The lowest BCUT2D eigenvalue weighted by Gasteiger charge is -2.03. The summed E-state index contributed by atoms with van der Waals surface area (Å²) in [6.45, 7) is 0.134. The molecule has 1 heterocycles. The third-order valence-electron chi connectivity index (χ3n) is 3.64. The summed E-state index contributed by atoms with van der Waals surface area (Å²) in [5, 5.41) is 8.14. The molecular formula is C18H17N3O3. The quantitative estimate of drug-likeness (QED) is 0.653. The second kappa shape index (κ2) is 6.95. The van der Waals surface area contributed by atoms with Crippen LogP contribution in [0.2, 0.25) is 0 Å². The largest absolute Gasteiger partial charge is 0.497 e. The number of methoxy groups -OCH3 is 2. The summed E-state index contributed by atoms with van der Waals surface area (Å²) in [4.78, 5) is 12.3. The monoisotopic (exact) mass is 323 g/mol. The van der Waals surface area contributed by atoms with Crippen LogP contribution in [0.15, 0.2) is 54.7 Å². The number of carbonyl (C=O) groups is 1. The first-order valence-electron chi connectivity index (χ1n) is 7.41. The summed E-state index contributed by atoms with van der Waals surface area (Å²) >= 11 is 0. The van der Waals surface area contributed by atoms with Gasteiger partial charge < -0.3 is 9.47 Å². The van der Waals surface area contributed by atoms with Crippen molar-refractivity contribution in [1.29, 1.82) is 0 Å². The van der Waals surface area contributed by atoms with E-state index in [1.165, 1.54) is 4.68 Å². The van der Waals surface area contributed by atoms with Gasteiger partial charge in [0, 0.05) is 11.1 Å². The Morgan fingerprint density at radius 1 is 0.958 bits per heavy atom. The Labute approximate surface area is 139 Å². The van der Waals surface area contributed by atoms with Crippen LogP contribution in [0.3, 0.4) is 0 Å². The number of aromatic nitrogens is 3. The summed E-state index contributed by atoms with van der Waals surface area (Å²) in [5.74, 6) is 1.46. The Hall–Kier alpha value is -3.15. The van der Waals surface area contributed by atoms with Gasteiger partial charge in [0.15, 0.2) is 5.78 Å². The average Bonchev–Trinajstić information content (AvgIpc) is 3.10. The molecule has 0 N–H and O–H groups in total. The molecule has 0 aliphatic heterocycles. The Morgan fingerprint density at radius 2 is 1.54 bits per heavy atom. The SMILES string of the molecule is COc1ccc(C(=O)Cn2cc(-c3ccc(OC)cc3)nn2)cc1. The van der Waals surface area contributed by atoms with Crippen molar-refractivity contribution in [2.45, 2.75) is 6.54 Å². The number of ether oxygens (including phenoxy) is 2. The smallest absolute Gasteiger partial charge is 0.184 e. The van der Waals surface area contributed by atoms with E-state index < -0.39 is 0 Å². The first-order chi connectivity index (χ1) is 11.7. The fourth-order valence-corrected chi connectivity index (χ4v) is 2.29. The number of benzene rings is 2. The molecule has 0 aliphatic carbocycles. The summed E-state index contributed by atoms with van der Waals surface area (Å²) in [5.41, 5.74) is 2.23. The Balaban J connectivity index is 1.71. The molecule has 3 rings (SSSR count). The lowest BCUT2D eigenvalue weighted by molar-refractivity contribution is 0.0967. The standard InChI is InChI=1S/C18H17N3O3/c1-23-15-7-3-13(4-8-15)17-11-21(20-19-17)12-18(22)14-5-9-16(24-2)10-6-14/h3-11H,12H2,1-2H3. The molecule has 6 nitrogen and oxygen atoms in total. The molecule has 0 spiro atoms. The Bertz CT molecular complexity index is 823. The van der Waals surface area contributed by atoms with E-state index >= 15 is 0 Å². The highest BCUT2D eigenvalue weighted by molar-refractivity contribution is 5.95. The van der Waals surface area contributed by atoms with Crippen molar-refractivity contribution in [1.82, 2.24) is 15.0 Å². The predicted octanol–water partition coefficient (Wildman–Crippen LogP) is 2.85. The average molecular weight is 323 g/mol. The topological polar surface area (TPSA) is 66.2 Å². The van der Waals surface area contributed by atoms with Gasteiger partial charge in [0.05, 0.1) is 20.4 Å². The summed E-state index contributed by atoms with van der Waals surface area (Å²) < 4.78 is 11.8. The van der Waals surface area contributed by atoms with Crippen LogP contribution in [-0.2, 0) is 6.54 Å². The van der Waals surface area contributed by atoms with E-state index in [2.05, 4.69) is 10.3 Å². The number of nitrogens with zero attached hydrogens (tertiary/aromatic N) is 3. The van der Waals surface area contributed by atoms with Crippen LogP contribution in [-0.4, -0.2) is 35.0 Å². The van der Waals surface area contributed by atoms with Crippen LogP contribution in [0.5, 0.6) is 11.5 Å². The summed E-state index contributed by atoms with van der Waals surface area (Å²) in [7, 11) is 3.21. The molecule has 24 heavy (non-hydrogen) atoms. The third kappa shape index (κ3) is 3.43. The molecule has 1 aromatic heterocycles. The zero-order valence-corrected chi connectivity index (χ0v) is 13.5. The number of rotatable bonds is 6. The fraction of sp³-hybridized carbons (Fsp3) is 0.167. The van der Waals surface area contributed by atoms with Gasteiger partial charge in [0.1, 0.15) is 23.7 Å². The molecule has 0 radical (unpaired) electrons. The molecule has 0 aliphatic rings. The minimum Gasteiger partial charge on any atom is -0.497 e. The van der Waals surface area contributed by atoms with E-state index in [-0.39, 0.29) is 12.3 Å². The molecule has 2 aromatic carbocycles. The minimum atomic E-state index is -0.0381. The van der Waals surface area contributed by atoms with Crippen molar-refractivity contribution >= 4 is 5.78 Å². The molecule has 0 atom stereocenters. The van der Waals surface area contributed by atoms with Crippen LogP contribution in [0, 0.1) is 0 Å². The highest BCUT2D eigenvalue weighted by Crippen LogP contribution is 2.20. The minimum absolute atomic E-state index is 0.0381. The van der Waals surface area contributed by atoms with Gasteiger partial charge in [-0.1, -0.05) is 5.21 Å². The molecule has 6 heteroatoms. The van der Waals surface area contributed by atoms with Crippen molar-refractivity contribution in [3.05, 3.63) is 60.3 Å². The second-order valence-corrected chi connectivity index (χ2v) is 5.18. The van der Waals surface area contributed by atoms with E-state index in [9.17, 15) is 4.79 Å². The highest BCUT2D eigenvalue weighted by atomic mass is 16.5. The van der Waals surface area contributed by atoms with Crippen LogP contribution >= 0.6 is 0 Å². The van der Waals surface area contributed by atoms with Gasteiger partial charge in [-0.2, -0.15) is 0 Å². The lowest BCUT2D eigenvalue weighted by atomic mass is 10.1. The number of Topliss-reactive ketones (excluding diaryl/α,β-unsaturated/α-hetero) is 1. The van der Waals surface area contributed by atoms with Crippen molar-refractivity contribution in [3.63, 3.8) is 0 Å². The lowest BCUT2D eigenvalue weighted by Crippen LogP contribution is -2.10. The van der Waals surface area contributed by atoms with Crippen molar-refractivity contribution in [2.24, 2.45) is 0 Å². The second-order valence-electron chi connectivity index (χ2n) is 5.18. The molecule has 0 amide bonds. The van der Waals surface area contributed by atoms with Crippen LogP contribution in [0.1, 0.15) is 10.4 Å². The number of carbonyl (C=O) groups excluding carboxylic acids is 1. The molecule has 0 saturated carbocycles. The Kier molecular flexibility index (Phi) is 4.56. The van der Waals surface area contributed by atoms with Gasteiger partial charge in [0.25, 0.3) is 0 Å². The van der Waals surface area contributed by atoms with E-state index in [1.807, 2.05) is 24.3 Å². The molecular weight excluding hydrogens is 306 g/mol. The number of hydrogen-bond acceptors (Lipinski definition) is 5.